The molecule has 0 saturated carbocycles. The van der Waals surface area contributed by atoms with Gasteiger partial charge in [0, 0.05) is 25.8 Å². The number of carbonyl (C=O) groups is 2. The minimum absolute atomic E-state index is 0. The maximum atomic E-state index is 12.2. The third kappa shape index (κ3) is 4.97. The van der Waals surface area contributed by atoms with Gasteiger partial charge in [-0.05, 0) is 19.8 Å². The van der Waals surface area contributed by atoms with E-state index in [1.54, 1.807) is 6.92 Å². The van der Waals surface area contributed by atoms with E-state index in [0.717, 1.165) is 0 Å². The predicted molar refractivity (Wildman–Crippen MR) is 73.0 cm³/mol. The zero-order chi connectivity index (χ0) is 13.6. The first-order valence-electron chi connectivity index (χ1n) is 6.19. The number of hydrogen-bond donors (Lipinski definition) is 2. The Balaban J connectivity index is 0.00000324. The Morgan fingerprint density at radius 2 is 2.00 bits per heavy atom. The van der Waals surface area contributed by atoms with E-state index in [1.807, 2.05) is 0 Å². The van der Waals surface area contributed by atoms with Crippen LogP contribution in [0.25, 0.3) is 0 Å². The molecule has 1 aliphatic heterocycles. The number of ether oxygens (including phenoxy) is 2. The Hall–Kier alpha value is -0.850. The van der Waals surface area contributed by atoms with Crippen LogP contribution in [-0.2, 0) is 19.1 Å². The van der Waals surface area contributed by atoms with Gasteiger partial charge in [-0.25, -0.2) is 0 Å². The third-order valence-electron chi connectivity index (χ3n) is 3.40. The maximum absolute atomic E-state index is 12.2. The molecule has 1 fully saturated rings. The number of halogens is 1. The van der Waals surface area contributed by atoms with Crippen molar-refractivity contribution in [3.63, 3.8) is 0 Å². The van der Waals surface area contributed by atoms with Crippen LogP contribution >= 0.6 is 12.4 Å². The van der Waals surface area contributed by atoms with E-state index in [2.05, 4.69) is 10.1 Å². The minimum atomic E-state index is -0.553. The first-order valence-corrected chi connectivity index (χ1v) is 6.19. The van der Waals surface area contributed by atoms with Crippen molar-refractivity contribution < 1.29 is 19.1 Å². The predicted octanol–water partition coefficient (Wildman–Crippen LogP) is 0.232. The van der Waals surface area contributed by atoms with Crippen LogP contribution in [0.3, 0.4) is 0 Å². The lowest BCUT2D eigenvalue weighted by atomic mass is 9.79. The van der Waals surface area contributed by atoms with Crippen LogP contribution in [-0.4, -0.2) is 44.8 Å². The number of esters is 1. The Morgan fingerprint density at radius 1 is 1.42 bits per heavy atom. The Morgan fingerprint density at radius 3 is 2.47 bits per heavy atom. The highest BCUT2D eigenvalue weighted by Crippen LogP contribution is 2.29. The van der Waals surface area contributed by atoms with Gasteiger partial charge in [0.15, 0.2) is 0 Å². The zero-order valence-electron chi connectivity index (χ0n) is 11.4. The summed E-state index contributed by atoms with van der Waals surface area (Å²) in [5.74, 6) is -0.429. The van der Waals surface area contributed by atoms with Crippen molar-refractivity contribution in [2.45, 2.75) is 32.2 Å². The quantitative estimate of drug-likeness (QED) is 0.709. The molecule has 0 spiro atoms. The van der Waals surface area contributed by atoms with E-state index in [4.69, 9.17) is 10.5 Å². The molecule has 19 heavy (non-hydrogen) atoms. The minimum Gasteiger partial charge on any atom is -0.469 e. The van der Waals surface area contributed by atoms with Gasteiger partial charge in [0.2, 0.25) is 5.91 Å². The second-order valence-electron chi connectivity index (χ2n) is 4.75. The molecule has 3 N–H and O–H groups in total. The summed E-state index contributed by atoms with van der Waals surface area (Å²) >= 11 is 0. The van der Waals surface area contributed by atoms with Gasteiger partial charge in [0.05, 0.1) is 18.9 Å². The van der Waals surface area contributed by atoms with E-state index in [1.165, 1.54) is 7.11 Å². The summed E-state index contributed by atoms with van der Waals surface area (Å²) in [5, 5.41) is 2.83. The van der Waals surface area contributed by atoms with Crippen LogP contribution in [0.4, 0.5) is 0 Å². The van der Waals surface area contributed by atoms with E-state index in [-0.39, 0.29) is 36.7 Å². The van der Waals surface area contributed by atoms with Crippen molar-refractivity contribution in [2.24, 2.45) is 11.1 Å². The molecule has 1 rings (SSSR count). The molecule has 6 nitrogen and oxygen atoms in total. The van der Waals surface area contributed by atoms with E-state index in [0.29, 0.717) is 32.6 Å². The summed E-state index contributed by atoms with van der Waals surface area (Å²) in [6.07, 6.45) is 1.42. The lowest BCUT2D eigenvalue weighted by molar-refractivity contribution is -0.142. The van der Waals surface area contributed by atoms with Crippen LogP contribution < -0.4 is 11.1 Å². The summed E-state index contributed by atoms with van der Waals surface area (Å²) < 4.78 is 9.82. The molecule has 0 aromatic carbocycles. The van der Waals surface area contributed by atoms with Gasteiger partial charge in [-0.1, -0.05) is 0 Å². The molecule has 0 aliphatic carbocycles. The summed E-state index contributed by atoms with van der Waals surface area (Å²) in [5.41, 5.74) is 5.18. The smallest absolute Gasteiger partial charge is 0.307 e. The first kappa shape index (κ1) is 18.1. The average Bonchev–Trinajstić information content (AvgIpc) is 2.39. The van der Waals surface area contributed by atoms with Crippen molar-refractivity contribution in [3.05, 3.63) is 0 Å². The second kappa shape index (κ2) is 8.35. The van der Waals surface area contributed by atoms with Crippen molar-refractivity contribution in [2.75, 3.05) is 26.9 Å². The Bertz CT molecular complexity index is 306. The largest absolute Gasteiger partial charge is 0.469 e. The molecule has 1 heterocycles. The van der Waals surface area contributed by atoms with Gasteiger partial charge in [-0.2, -0.15) is 0 Å². The lowest BCUT2D eigenvalue weighted by Crippen LogP contribution is -2.51. The fraction of sp³-hybridized carbons (Fsp3) is 0.833. The van der Waals surface area contributed by atoms with E-state index in [9.17, 15) is 9.59 Å². The fourth-order valence-corrected chi connectivity index (χ4v) is 2.05. The molecule has 112 valence electrons. The standard InChI is InChI=1S/C12H22N2O4.ClH/c1-9(7-10(15)17-2)14-11(16)12(8-13)3-5-18-6-4-12;/h9H,3-8,13H2,1-2H3,(H,14,16);1H. The van der Waals surface area contributed by atoms with E-state index < -0.39 is 5.41 Å². The number of nitrogens with one attached hydrogen (secondary N) is 1. The van der Waals surface area contributed by atoms with Crippen LogP contribution in [0, 0.1) is 5.41 Å². The summed E-state index contributed by atoms with van der Waals surface area (Å²) in [6, 6.07) is -0.254. The van der Waals surface area contributed by atoms with Gasteiger partial charge in [0.25, 0.3) is 0 Å². The van der Waals surface area contributed by atoms with Crippen LogP contribution in [0.15, 0.2) is 0 Å². The topological polar surface area (TPSA) is 90.7 Å². The summed E-state index contributed by atoms with van der Waals surface area (Å²) in [7, 11) is 1.33. The molecule has 1 amide bonds. The Kier molecular flexibility index (Phi) is 7.97. The molecule has 0 bridgehead atoms. The monoisotopic (exact) mass is 294 g/mol. The molecule has 1 aliphatic rings. The molecule has 0 radical (unpaired) electrons. The number of carbonyl (C=O) groups excluding carboxylic acids is 2. The van der Waals surface area contributed by atoms with Gasteiger partial charge >= 0.3 is 5.97 Å². The molecule has 7 heteroatoms. The van der Waals surface area contributed by atoms with Crippen molar-refractivity contribution in [1.29, 1.82) is 0 Å². The molecular weight excluding hydrogens is 272 g/mol. The van der Waals surface area contributed by atoms with Crippen molar-refractivity contribution in [1.82, 2.24) is 5.32 Å². The molecule has 1 atom stereocenters. The number of rotatable bonds is 5. The normalized spacial score (nSPS) is 18.9. The number of methoxy groups -OCH3 is 1. The first-order chi connectivity index (χ1) is 8.54. The van der Waals surface area contributed by atoms with Gasteiger partial charge in [-0.3, -0.25) is 9.59 Å². The summed E-state index contributed by atoms with van der Waals surface area (Å²) in [4.78, 5) is 23.3. The van der Waals surface area contributed by atoms with Gasteiger partial charge < -0.3 is 20.5 Å². The zero-order valence-corrected chi connectivity index (χ0v) is 12.3. The fourth-order valence-electron chi connectivity index (χ4n) is 2.05. The Labute approximate surface area is 119 Å². The molecule has 0 aromatic heterocycles. The highest BCUT2D eigenvalue weighted by molar-refractivity contribution is 5.85. The number of hydrogen-bond acceptors (Lipinski definition) is 5. The van der Waals surface area contributed by atoms with Crippen LogP contribution in [0.2, 0.25) is 0 Å². The molecule has 0 aromatic rings. The highest BCUT2D eigenvalue weighted by atomic mass is 35.5. The van der Waals surface area contributed by atoms with Crippen LogP contribution in [0.5, 0.6) is 0 Å². The van der Waals surface area contributed by atoms with Crippen molar-refractivity contribution >= 4 is 24.3 Å². The summed E-state index contributed by atoms with van der Waals surface area (Å²) in [6.45, 7) is 3.18. The van der Waals surface area contributed by atoms with Gasteiger partial charge in [-0.15, -0.1) is 12.4 Å². The van der Waals surface area contributed by atoms with Crippen molar-refractivity contribution in [3.8, 4) is 0 Å². The molecule has 1 unspecified atom stereocenters. The third-order valence-corrected chi connectivity index (χ3v) is 3.40. The second-order valence-corrected chi connectivity index (χ2v) is 4.75. The van der Waals surface area contributed by atoms with E-state index >= 15 is 0 Å². The molecule has 1 saturated heterocycles. The molecular formula is C12H23ClN2O4. The van der Waals surface area contributed by atoms with Crippen LogP contribution in [0.1, 0.15) is 26.2 Å². The number of amides is 1. The maximum Gasteiger partial charge on any atom is 0.307 e. The number of nitrogens with two attached hydrogens (primary N) is 1. The average molecular weight is 295 g/mol. The SMILES string of the molecule is COC(=O)CC(C)NC(=O)C1(CN)CCOCC1.Cl. The lowest BCUT2D eigenvalue weighted by Gasteiger charge is -2.35. The highest BCUT2D eigenvalue weighted by Gasteiger charge is 2.39. The van der Waals surface area contributed by atoms with Gasteiger partial charge in [0.1, 0.15) is 0 Å².